The lowest BCUT2D eigenvalue weighted by Crippen LogP contribution is -2.14. The highest BCUT2D eigenvalue weighted by atomic mass is 35.5. The van der Waals surface area contributed by atoms with Crippen molar-refractivity contribution in [2.24, 2.45) is 0 Å². The molecule has 0 aliphatic heterocycles. The van der Waals surface area contributed by atoms with Gasteiger partial charge in [0.25, 0.3) is 5.91 Å². The molecule has 3 rings (SSSR count). The van der Waals surface area contributed by atoms with E-state index in [0.717, 1.165) is 22.6 Å². The normalized spacial score (nSPS) is 10.5. The molecule has 0 bridgehead atoms. The first-order valence-electron chi connectivity index (χ1n) is 9.49. The average Bonchev–Trinajstić information content (AvgIpc) is 2.70. The lowest BCUT2D eigenvalue weighted by atomic mass is 10.1. The van der Waals surface area contributed by atoms with Crippen LogP contribution in [0.2, 0.25) is 5.02 Å². The highest BCUT2D eigenvalue weighted by Crippen LogP contribution is 2.25. The Morgan fingerprint density at radius 2 is 1.72 bits per heavy atom. The first kappa shape index (κ1) is 20.7. The van der Waals surface area contributed by atoms with Crippen molar-refractivity contribution in [2.75, 3.05) is 11.9 Å². The number of amides is 1. The van der Waals surface area contributed by atoms with E-state index in [0.29, 0.717) is 29.5 Å². The fourth-order valence-corrected chi connectivity index (χ4v) is 3.11. The molecular formula is C24H24ClNO3. The van der Waals surface area contributed by atoms with Crippen molar-refractivity contribution in [3.8, 4) is 11.5 Å². The highest BCUT2D eigenvalue weighted by Gasteiger charge is 2.13. The first-order chi connectivity index (χ1) is 14.0. The zero-order valence-electron chi connectivity index (χ0n) is 16.8. The van der Waals surface area contributed by atoms with Crippen LogP contribution in [0, 0.1) is 13.8 Å². The van der Waals surface area contributed by atoms with Crippen molar-refractivity contribution >= 4 is 23.2 Å². The molecule has 0 atom stereocenters. The zero-order chi connectivity index (χ0) is 20.8. The van der Waals surface area contributed by atoms with Crippen LogP contribution in [-0.4, -0.2) is 12.5 Å². The highest BCUT2D eigenvalue weighted by molar-refractivity contribution is 6.30. The molecule has 0 heterocycles. The second-order valence-corrected chi connectivity index (χ2v) is 7.21. The Morgan fingerprint density at radius 1 is 0.966 bits per heavy atom. The van der Waals surface area contributed by atoms with Crippen LogP contribution in [-0.2, 0) is 6.61 Å². The van der Waals surface area contributed by atoms with Crippen LogP contribution in [0.25, 0.3) is 0 Å². The lowest BCUT2D eigenvalue weighted by molar-refractivity contribution is 0.102. The number of carbonyl (C=O) groups excluding carboxylic acids is 1. The first-order valence-corrected chi connectivity index (χ1v) is 9.86. The number of halogens is 1. The molecule has 3 aromatic rings. The molecule has 0 aliphatic carbocycles. The summed E-state index contributed by atoms with van der Waals surface area (Å²) in [6, 6.07) is 18.6. The Bertz CT molecular complexity index is 1000. The molecule has 1 N–H and O–H groups in total. The quantitative estimate of drug-likeness (QED) is 0.506. The minimum Gasteiger partial charge on any atom is -0.493 e. The van der Waals surface area contributed by atoms with Crippen molar-refractivity contribution < 1.29 is 14.3 Å². The summed E-state index contributed by atoms with van der Waals surface area (Å²) in [5.41, 5.74) is 4.15. The Morgan fingerprint density at radius 3 is 2.41 bits per heavy atom. The van der Waals surface area contributed by atoms with Crippen LogP contribution in [0.3, 0.4) is 0 Å². The van der Waals surface area contributed by atoms with Crippen LogP contribution in [0.15, 0.2) is 60.7 Å². The van der Waals surface area contributed by atoms with Crippen molar-refractivity contribution in [3.05, 3.63) is 87.9 Å². The van der Waals surface area contributed by atoms with Crippen LogP contribution in [0.1, 0.15) is 34.0 Å². The summed E-state index contributed by atoms with van der Waals surface area (Å²) in [6.45, 7) is 6.70. The maximum atomic E-state index is 12.8. The fourth-order valence-electron chi connectivity index (χ4n) is 2.89. The zero-order valence-corrected chi connectivity index (χ0v) is 17.5. The van der Waals surface area contributed by atoms with Gasteiger partial charge in [0.15, 0.2) is 0 Å². The molecule has 0 radical (unpaired) electrons. The molecule has 0 saturated heterocycles. The summed E-state index contributed by atoms with van der Waals surface area (Å²) in [7, 11) is 0. The molecule has 0 aromatic heterocycles. The van der Waals surface area contributed by atoms with E-state index in [4.69, 9.17) is 21.1 Å². The molecule has 1 amide bonds. The largest absolute Gasteiger partial charge is 0.493 e. The summed E-state index contributed by atoms with van der Waals surface area (Å²) >= 11 is 5.99. The van der Waals surface area contributed by atoms with Gasteiger partial charge in [-0.2, -0.15) is 0 Å². The van der Waals surface area contributed by atoms with E-state index in [1.807, 2.05) is 51.1 Å². The number of hydrogen-bond acceptors (Lipinski definition) is 3. The summed E-state index contributed by atoms with van der Waals surface area (Å²) in [5.74, 6) is 1.28. The number of benzene rings is 3. The Labute approximate surface area is 176 Å². The topological polar surface area (TPSA) is 47.6 Å². The fraction of sp³-hybridized carbons (Fsp3) is 0.208. The van der Waals surface area contributed by atoms with Gasteiger partial charge in [-0.15, -0.1) is 0 Å². The third-order valence-corrected chi connectivity index (χ3v) is 4.71. The van der Waals surface area contributed by atoms with E-state index in [1.54, 1.807) is 30.3 Å². The lowest BCUT2D eigenvalue weighted by Gasteiger charge is -2.14. The minimum atomic E-state index is -0.199. The van der Waals surface area contributed by atoms with E-state index >= 15 is 0 Å². The number of anilines is 1. The van der Waals surface area contributed by atoms with Gasteiger partial charge in [0.05, 0.1) is 6.61 Å². The second kappa shape index (κ2) is 9.48. The molecule has 0 saturated carbocycles. The molecule has 4 nitrogen and oxygen atoms in total. The minimum absolute atomic E-state index is 0.199. The predicted octanol–water partition coefficient (Wildman–Crippen LogP) is 6.19. The molecule has 150 valence electrons. The predicted molar refractivity (Wildman–Crippen MR) is 117 cm³/mol. The molecular weight excluding hydrogens is 386 g/mol. The van der Waals surface area contributed by atoms with Crippen molar-refractivity contribution in [3.63, 3.8) is 0 Å². The number of hydrogen-bond donors (Lipinski definition) is 1. The van der Waals surface area contributed by atoms with Gasteiger partial charge >= 0.3 is 0 Å². The molecule has 0 fully saturated rings. The van der Waals surface area contributed by atoms with Gasteiger partial charge in [-0.1, -0.05) is 29.3 Å². The van der Waals surface area contributed by atoms with E-state index < -0.39 is 0 Å². The van der Waals surface area contributed by atoms with E-state index in [1.165, 1.54) is 5.56 Å². The molecule has 29 heavy (non-hydrogen) atoms. The van der Waals surface area contributed by atoms with Crippen LogP contribution in [0.4, 0.5) is 5.69 Å². The van der Waals surface area contributed by atoms with Gasteiger partial charge in [-0.3, -0.25) is 4.79 Å². The van der Waals surface area contributed by atoms with Gasteiger partial charge in [0.1, 0.15) is 18.1 Å². The maximum Gasteiger partial charge on any atom is 0.255 e. The van der Waals surface area contributed by atoms with Crippen molar-refractivity contribution in [1.29, 1.82) is 0 Å². The van der Waals surface area contributed by atoms with Crippen LogP contribution >= 0.6 is 11.6 Å². The number of nitrogens with one attached hydrogen (secondary N) is 1. The monoisotopic (exact) mass is 409 g/mol. The summed E-state index contributed by atoms with van der Waals surface area (Å²) in [5, 5.41) is 3.57. The number of rotatable bonds is 7. The van der Waals surface area contributed by atoms with Crippen LogP contribution < -0.4 is 14.8 Å². The van der Waals surface area contributed by atoms with Crippen molar-refractivity contribution in [2.45, 2.75) is 27.4 Å². The number of aryl methyl sites for hydroxylation is 2. The van der Waals surface area contributed by atoms with Crippen LogP contribution in [0.5, 0.6) is 11.5 Å². The third-order valence-electron chi connectivity index (χ3n) is 4.47. The van der Waals surface area contributed by atoms with Gasteiger partial charge in [0, 0.05) is 21.8 Å². The van der Waals surface area contributed by atoms with E-state index in [2.05, 4.69) is 5.32 Å². The Kier molecular flexibility index (Phi) is 6.78. The molecule has 0 unspecified atom stereocenters. The van der Waals surface area contributed by atoms with Gasteiger partial charge in [-0.25, -0.2) is 0 Å². The Balaban J connectivity index is 1.79. The van der Waals surface area contributed by atoms with Gasteiger partial charge in [0.2, 0.25) is 0 Å². The van der Waals surface area contributed by atoms with E-state index in [9.17, 15) is 4.79 Å². The maximum absolute atomic E-state index is 12.8. The summed E-state index contributed by atoms with van der Waals surface area (Å²) in [6.07, 6.45) is 0. The van der Waals surface area contributed by atoms with Crippen molar-refractivity contribution in [1.82, 2.24) is 0 Å². The van der Waals surface area contributed by atoms with Gasteiger partial charge in [-0.05, 0) is 74.9 Å². The summed E-state index contributed by atoms with van der Waals surface area (Å²) in [4.78, 5) is 12.8. The second-order valence-electron chi connectivity index (χ2n) is 6.77. The standard InChI is InChI=1S/C24H24ClNO3/c1-4-28-23-12-7-18(24(27)26-22-11-8-20(25)13-17(22)3)14-19(23)15-29-21-9-5-16(2)6-10-21/h5-14H,4,15H2,1-3H3,(H,26,27). The SMILES string of the molecule is CCOc1ccc(C(=O)Nc2ccc(Cl)cc2C)cc1COc1ccc(C)cc1. The molecule has 0 aliphatic rings. The third kappa shape index (κ3) is 5.52. The van der Waals surface area contributed by atoms with E-state index in [-0.39, 0.29) is 5.91 Å². The number of ether oxygens (including phenoxy) is 2. The molecule has 5 heteroatoms. The summed E-state index contributed by atoms with van der Waals surface area (Å²) < 4.78 is 11.6. The number of carbonyl (C=O) groups is 1. The average molecular weight is 410 g/mol. The van der Waals surface area contributed by atoms with Gasteiger partial charge < -0.3 is 14.8 Å². The Hall–Kier alpha value is -2.98. The molecule has 0 spiro atoms. The smallest absolute Gasteiger partial charge is 0.255 e. The molecule has 3 aromatic carbocycles.